The van der Waals surface area contributed by atoms with Gasteiger partial charge in [-0.2, -0.15) is 4.39 Å². The summed E-state index contributed by atoms with van der Waals surface area (Å²) in [4.78, 5) is 42.7. The van der Waals surface area contributed by atoms with Gasteiger partial charge in [-0.05, 0) is 67.5 Å². The Morgan fingerprint density at radius 3 is 1.48 bits per heavy atom. The fourth-order valence-electron chi connectivity index (χ4n) is 4.91. The second kappa shape index (κ2) is 28.6. The van der Waals surface area contributed by atoms with Crippen LogP contribution in [0.3, 0.4) is 0 Å². The third-order valence-corrected chi connectivity index (χ3v) is 10.7. The van der Waals surface area contributed by atoms with Crippen molar-refractivity contribution in [1.29, 1.82) is 0 Å². The van der Waals surface area contributed by atoms with Gasteiger partial charge < -0.3 is 30.9 Å². The molecule has 354 valence electrons. The van der Waals surface area contributed by atoms with E-state index in [9.17, 15) is 39.6 Å². The summed E-state index contributed by atoms with van der Waals surface area (Å²) in [6.45, 7) is 4.94. The van der Waals surface area contributed by atoms with Gasteiger partial charge in [-0.3, -0.25) is 14.4 Å². The van der Waals surface area contributed by atoms with Crippen molar-refractivity contribution in [3.05, 3.63) is 87.5 Å². The fraction of sp³-hybridized carbons (Fsp3) is 0.375. The van der Waals surface area contributed by atoms with E-state index in [-0.39, 0.29) is 197 Å². The topological polar surface area (TPSA) is 250 Å². The Hall–Kier alpha value is -1.16. The Morgan fingerprint density at radius 2 is 1.18 bits per heavy atom. The summed E-state index contributed by atoms with van der Waals surface area (Å²) in [5, 5.41) is 16.9. The maximum atomic E-state index is 14.5. The van der Waals surface area contributed by atoms with Crippen LogP contribution in [0.5, 0.6) is 17.4 Å². The number of aliphatic hydroxyl groups excluding tert-OH is 1. The van der Waals surface area contributed by atoms with Gasteiger partial charge in [0.15, 0.2) is 0 Å². The van der Waals surface area contributed by atoms with Crippen molar-refractivity contribution < 1.29 is 213 Å². The third-order valence-electron chi connectivity index (χ3n) is 9.03. The van der Waals surface area contributed by atoms with Crippen LogP contribution in [-0.2, 0) is 29.7 Å². The zero-order chi connectivity index (χ0) is 47.5. The zero-order valence-electron chi connectivity index (χ0n) is 37.4. The Kier molecular flexibility index (Phi) is 28.1. The average molecular weight is 1250 g/mol. The zero-order valence-corrected chi connectivity index (χ0v) is 52.1. The number of halogens is 5. The molecule has 0 atom stereocenters. The molecule has 3 N–H and O–H groups in total. The number of pyridine rings is 2. The minimum absolute atomic E-state index is 0. The molecule has 0 spiro atoms. The minimum atomic E-state index is -3.86. The molecule has 0 aliphatic heterocycles. The van der Waals surface area contributed by atoms with Crippen LogP contribution in [0.2, 0.25) is 10.0 Å². The standard InChI is InChI=1S/C19H20ClFN2O5S.C14H11ClF2N2O4S.C5H10O.CH2O3.CH4.2Cs.H/c1-19(4-5-19)10-28-18-14(20)6-11(9-22-18)12-7-15(21)13(8-16(12)27-2)17(24)23-29(3,25)26;1-23-12-5-9(14(20)19-24(2,21)22)11(16)4-8(12)7-3-10(15)13(17)18-6-7;1-5(4-6)2-3-5;2-1-4-3;;;;/h6-9H,4-5,10H2,1-3H3,(H,23,24);3-6H,1-2H3,(H,19,20);6H,2-4H2,1H3;1,3H;1H4;;;/q;;;;;2*+1;-1/p-1. The molecule has 2 aliphatic rings. The quantitative estimate of drug-likeness (QED) is 0.0677. The maximum Gasteiger partial charge on any atom is 1.00 e. The summed E-state index contributed by atoms with van der Waals surface area (Å²) in [6, 6.07) is 6.94. The minimum Gasteiger partial charge on any atom is -1.00 e. The first-order chi connectivity index (χ1) is 29.3. The van der Waals surface area contributed by atoms with Crippen LogP contribution in [0.1, 0.15) is 69.1 Å². The van der Waals surface area contributed by atoms with Gasteiger partial charge in [-0.25, -0.2) is 45.0 Å². The summed E-state index contributed by atoms with van der Waals surface area (Å²) >= 11 is 11.9. The molecule has 0 unspecified atom stereocenters. The molecule has 0 saturated heterocycles. The van der Waals surface area contributed by atoms with Crippen molar-refractivity contribution in [2.75, 3.05) is 39.9 Å². The number of nitrogens with one attached hydrogen (secondary N) is 2. The number of hydrogen-bond acceptors (Lipinski definition) is 15. The van der Waals surface area contributed by atoms with E-state index in [4.69, 9.17) is 52.6 Å². The van der Waals surface area contributed by atoms with Gasteiger partial charge in [0, 0.05) is 46.7 Å². The van der Waals surface area contributed by atoms with Gasteiger partial charge in [-0.1, -0.05) is 44.5 Å². The van der Waals surface area contributed by atoms with E-state index in [1.807, 2.05) is 0 Å². The Bertz CT molecular complexity index is 2570. The van der Waals surface area contributed by atoms with Crippen molar-refractivity contribution in [2.45, 2.75) is 47.0 Å². The first-order valence-corrected chi connectivity index (χ1v) is 22.6. The molecule has 2 aromatic heterocycles. The predicted octanol–water partition coefficient (Wildman–Crippen LogP) is -0.234. The van der Waals surface area contributed by atoms with Gasteiger partial charge in [-0.15, -0.1) is 0 Å². The molecule has 66 heavy (non-hydrogen) atoms. The van der Waals surface area contributed by atoms with Crippen molar-refractivity contribution in [3.63, 3.8) is 0 Å². The summed E-state index contributed by atoms with van der Waals surface area (Å²) < 4.78 is 106. The van der Waals surface area contributed by atoms with Crippen LogP contribution in [0, 0.1) is 28.4 Å². The van der Waals surface area contributed by atoms with Crippen LogP contribution >= 0.6 is 23.2 Å². The molecular weight excluding hydrogens is 1200 g/mol. The smallest absolute Gasteiger partial charge is 1.00 e. The second-order valence-corrected chi connectivity index (χ2v) is 19.1. The molecular formula is C40H47Cl2Cs2F3N4O13S2. The van der Waals surface area contributed by atoms with Crippen molar-refractivity contribution in [3.8, 4) is 39.6 Å². The molecule has 2 aromatic carbocycles. The predicted molar refractivity (Wildman–Crippen MR) is 229 cm³/mol. The molecule has 2 aliphatic carbocycles. The summed E-state index contributed by atoms with van der Waals surface area (Å²) in [7, 11) is -5.08. The van der Waals surface area contributed by atoms with Gasteiger partial charge in [0.05, 0.1) is 49.5 Å². The van der Waals surface area contributed by atoms with E-state index in [0.717, 1.165) is 55.8 Å². The molecule has 26 heteroatoms. The van der Waals surface area contributed by atoms with Crippen LogP contribution in [-0.4, -0.2) is 90.1 Å². The second-order valence-electron chi connectivity index (χ2n) is 14.7. The molecule has 4 aromatic rings. The van der Waals surface area contributed by atoms with Gasteiger partial charge >= 0.3 is 138 Å². The molecule has 0 bridgehead atoms. The average Bonchev–Trinajstić information content (AvgIpc) is 4.15. The Labute approximate surface area is 510 Å². The van der Waals surface area contributed by atoms with E-state index in [1.54, 1.807) is 15.5 Å². The molecule has 17 nitrogen and oxygen atoms in total. The molecule has 2 amide bonds. The van der Waals surface area contributed by atoms with Crippen LogP contribution < -0.4 is 167 Å². The maximum absolute atomic E-state index is 14.5. The summed E-state index contributed by atoms with van der Waals surface area (Å²) in [6.07, 6.45) is 8.79. The monoisotopic (exact) mass is 1250 g/mol. The molecule has 2 saturated carbocycles. The van der Waals surface area contributed by atoms with Gasteiger partial charge in [0.2, 0.25) is 31.9 Å². The number of benzene rings is 2. The van der Waals surface area contributed by atoms with E-state index < -0.39 is 60.6 Å². The van der Waals surface area contributed by atoms with Crippen LogP contribution in [0.25, 0.3) is 22.3 Å². The number of hydrogen-bond donors (Lipinski definition) is 3. The van der Waals surface area contributed by atoms with E-state index in [2.05, 4.69) is 28.7 Å². The number of carbonyl (C=O) groups is 3. The molecule has 0 radical (unpaired) electrons. The largest absolute Gasteiger partial charge is 1.00 e. The van der Waals surface area contributed by atoms with E-state index in [0.29, 0.717) is 29.8 Å². The normalized spacial score (nSPS) is 13.4. The first kappa shape index (κ1) is 64.8. The molecule has 2 heterocycles. The number of carbonyl (C=O) groups excluding carboxylic acids is 3. The molecule has 6 rings (SSSR count). The SMILES string of the molecule is C.CC1(CO)CC1.COc1cc(C(=O)NS(C)(=O)=O)c(F)cc1-c1cnc(F)c(Cl)c1.COc1cc(C(=O)NS(C)(=O)=O)c(F)cc1-c1cnc(OCC2(C)CC2)c(Cl)c1.O=CO[O-].[Cs+].[Cs+].[H-]. The number of sulfonamides is 2. The number of ether oxygens (including phenoxy) is 3. The number of aliphatic hydroxyl groups is 1. The summed E-state index contributed by atoms with van der Waals surface area (Å²) in [5.74, 6) is -4.54. The Morgan fingerprint density at radius 1 is 0.788 bits per heavy atom. The number of rotatable bonds is 13. The number of amides is 2. The Balaban J connectivity index is 0. The van der Waals surface area contributed by atoms with Crippen molar-refractivity contribution >= 4 is 61.5 Å². The van der Waals surface area contributed by atoms with Gasteiger partial charge in [0.25, 0.3) is 18.3 Å². The summed E-state index contributed by atoms with van der Waals surface area (Å²) in [5.41, 5.74) is 0.697. The van der Waals surface area contributed by atoms with Gasteiger partial charge in [0.1, 0.15) is 28.2 Å². The molecule has 2 fully saturated rings. The number of aromatic nitrogens is 2. The van der Waals surface area contributed by atoms with Crippen LogP contribution in [0.15, 0.2) is 48.8 Å². The van der Waals surface area contributed by atoms with E-state index >= 15 is 0 Å². The van der Waals surface area contributed by atoms with E-state index in [1.165, 1.54) is 39.3 Å². The van der Waals surface area contributed by atoms with Crippen molar-refractivity contribution in [2.24, 2.45) is 10.8 Å². The number of methoxy groups -OCH3 is 2. The number of nitrogens with zero attached hydrogens (tertiary/aromatic N) is 2. The first-order valence-electron chi connectivity index (χ1n) is 18.0. The fourth-order valence-corrected chi connectivity index (χ4v) is 6.19. The van der Waals surface area contributed by atoms with Crippen LogP contribution in [0.4, 0.5) is 13.2 Å². The van der Waals surface area contributed by atoms with Crippen molar-refractivity contribution in [1.82, 2.24) is 19.4 Å². The third kappa shape index (κ3) is 21.1.